The lowest BCUT2D eigenvalue weighted by Crippen LogP contribution is -2.42. The third-order valence-corrected chi connectivity index (χ3v) is 5.43. The van der Waals surface area contributed by atoms with E-state index in [1.165, 1.54) is 11.3 Å². The first-order chi connectivity index (χ1) is 13.5. The number of nitrogens with zero attached hydrogens (tertiary/aromatic N) is 1. The van der Waals surface area contributed by atoms with Crippen LogP contribution >= 0.6 is 22.9 Å². The highest BCUT2D eigenvalue weighted by molar-refractivity contribution is 7.13. The monoisotopic (exact) mass is 420 g/mol. The zero-order valence-corrected chi connectivity index (χ0v) is 16.7. The van der Waals surface area contributed by atoms with Gasteiger partial charge in [0.15, 0.2) is 5.13 Å². The highest BCUT2D eigenvalue weighted by Gasteiger charge is 2.29. The number of hydrogen-bond acceptors (Lipinski definition) is 5. The molecule has 148 valence electrons. The van der Waals surface area contributed by atoms with Gasteiger partial charge in [-0.25, -0.2) is 4.98 Å². The second-order valence-electron chi connectivity index (χ2n) is 6.52. The van der Waals surface area contributed by atoms with Crippen molar-refractivity contribution in [2.24, 2.45) is 5.92 Å². The fourth-order valence-corrected chi connectivity index (χ4v) is 3.72. The molecule has 1 unspecified atom stereocenters. The lowest BCUT2D eigenvalue weighted by molar-refractivity contribution is -0.134. The van der Waals surface area contributed by atoms with Gasteiger partial charge < -0.3 is 16.0 Å². The number of carbonyl (C=O) groups excluding carboxylic acids is 3. The van der Waals surface area contributed by atoms with E-state index in [2.05, 4.69) is 20.9 Å². The molecule has 28 heavy (non-hydrogen) atoms. The van der Waals surface area contributed by atoms with E-state index < -0.39 is 5.92 Å². The lowest BCUT2D eigenvalue weighted by Gasteiger charge is -2.20. The molecule has 7 nitrogen and oxygen atoms in total. The minimum absolute atomic E-state index is 0.135. The molecule has 0 radical (unpaired) electrons. The molecule has 2 aromatic rings. The molecule has 1 atom stereocenters. The second-order valence-corrected chi connectivity index (χ2v) is 7.82. The standard InChI is InChI=1S/C19H21ClN4O3S/c20-13-5-3-12(4-6-13)7-9-21-16(25)10-14-11-28-19(23-14)24-18(27)15-2-1-8-22-17(15)26/h3-6,11,15H,1-2,7-10H2,(H,21,25)(H,22,26)(H,23,24,27). The quantitative estimate of drug-likeness (QED) is 0.597. The number of hydrogen-bond donors (Lipinski definition) is 3. The first-order valence-corrected chi connectivity index (χ1v) is 10.3. The predicted octanol–water partition coefficient (Wildman–Crippen LogP) is 2.16. The highest BCUT2D eigenvalue weighted by atomic mass is 35.5. The zero-order valence-electron chi connectivity index (χ0n) is 15.2. The largest absolute Gasteiger partial charge is 0.355 e. The number of anilines is 1. The molecule has 3 N–H and O–H groups in total. The van der Waals surface area contributed by atoms with E-state index >= 15 is 0 Å². The number of thiazole rings is 1. The first kappa shape index (κ1) is 20.3. The summed E-state index contributed by atoms with van der Waals surface area (Å²) < 4.78 is 0. The van der Waals surface area contributed by atoms with E-state index in [9.17, 15) is 14.4 Å². The minimum Gasteiger partial charge on any atom is -0.355 e. The summed E-state index contributed by atoms with van der Waals surface area (Å²) in [5, 5.41) is 11.0. The molecule has 2 heterocycles. The van der Waals surface area contributed by atoms with E-state index in [-0.39, 0.29) is 24.1 Å². The maximum atomic E-state index is 12.2. The van der Waals surface area contributed by atoms with Gasteiger partial charge in [0.1, 0.15) is 5.92 Å². The number of piperidine rings is 1. The van der Waals surface area contributed by atoms with Gasteiger partial charge in [-0.1, -0.05) is 23.7 Å². The molecule has 1 aliphatic heterocycles. The van der Waals surface area contributed by atoms with Crippen LogP contribution < -0.4 is 16.0 Å². The molecule has 1 aromatic heterocycles. The molecule has 1 aromatic carbocycles. The Labute approximate surface area is 171 Å². The van der Waals surface area contributed by atoms with Crippen LogP contribution in [-0.2, 0) is 27.2 Å². The Hall–Kier alpha value is -2.45. The molecular weight excluding hydrogens is 400 g/mol. The highest BCUT2D eigenvalue weighted by Crippen LogP contribution is 2.19. The van der Waals surface area contributed by atoms with Crippen molar-refractivity contribution < 1.29 is 14.4 Å². The molecule has 9 heteroatoms. The van der Waals surface area contributed by atoms with Crippen LogP contribution in [0.5, 0.6) is 0 Å². The molecule has 1 saturated heterocycles. The zero-order chi connectivity index (χ0) is 19.9. The Morgan fingerprint density at radius 2 is 2.07 bits per heavy atom. The lowest BCUT2D eigenvalue weighted by atomic mass is 9.98. The number of rotatable bonds is 7. The van der Waals surface area contributed by atoms with Crippen molar-refractivity contribution in [1.82, 2.24) is 15.6 Å². The van der Waals surface area contributed by atoms with E-state index in [0.29, 0.717) is 41.8 Å². The van der Waals surface area contributed by atoms with Crippen molar-refractivity contribution in [3.05, 3.63) is 45.9 Å². The van der Waals surface area contributed by atoms with Crippen molar-refractivity contribution >= 4 is 45.8 Å². The van der Waals surface area contributed by atoms with Gasteiger partial charge in [-0.05, 0) is 37.0 Å². The van der Waals surface area contributed by atoms with Crippen molar-refractivity contribution in [1.29, 1.82) is 0 Å². The van der Waals surface area contributed by atoms with Gasteiger partial charge >= 0.3 is 0 Å². The molecule has 3 amide bonds. The van der Waals surface area contributed by atoms with Gasteiger partial charge in [-0.2, -0.15) is 0 Å². The molecule has 0 saturated carbocycles. The maximum absolute atomic E-state index is 12.2. The number of carbonyl (C=O) groups is 3. The Morgan fingerprint density at radius 3 is 2.82 bits per heavy atom. The molecule has 0 spiro atoms. The topological polar surface area (TPSA) is 100 Å². The summed E-state index contributed by atoms with van der Waals surface area (Å²) >= 11 is 7.09. The van der Waals surface area contributed by atoms with Crippen molar-refractivity contribution in [3.63, 3.8) is 0 Å². The minimum atomic E-state index is -0.683. The van der Waals surface area contributed by atoms with Gasteiger partial charge in [0.25, 0.3) is 0 Å². The van der Waals surface area contributed by atoms with Crippen LogP contribution in [0.15, 0.2) is 29.6 Å². The van der Waals surface area contributed by atoms with Gasteiger partial charge in [-0.3, -0.25) is 14.4 Å². The summed E-state index contributed by atoms with van der Waals surface area (Å²) in [6.45, 7) is 1.13. The Balaban J connectivity index is 1.43. The molecule has 0 bridgehead atoms. The summed E-state index contributed by atoms with van der Waals surface area (Å²) in [6.07, 6.45) is 2.16. The average molecular weight is 421 g/mol. The molecule has 1 aliphatic rings. The molecule has 3 rings (SSSR count). The molecule has 1 fully saturated rings. The Morgan fingerprint density at radius 1 is 1.29 bits per heavy atom. The second kappa shape index (κ2) is 9.66. The van der Waals surface area contributed by atoms with E-state index in [4.69, 9.17) is 11.6 Å². The van der Waals surface area contributed by atoms with Crippen LogP contribution in [0.25, 0.3) is 0 Å². The third-order valence-electron chi connectivity index (χ3n) is 4.37. The molecule has 0 aliphatic carbocycles. The van der Waals surface area contributed by atoms with Gasteiger partial charge in [0.05, 0.1) is 12.1 Å². The predicted molar refractivity (Wildman–Crippen MR) is 108 cm³/mol. The average Bonchev–Trinajstić information content (AvgIpc) is 3.10. The van der Waals surface area contributed by atoms with Crippen molar-refractivity contribution in [3.8, 4) is 0 Å². The van der Waals surface area contributed by atoms with Crippen LogP contribution in [-0.4, -0.2) is 35.8 Å². The maximum Gasteiger partial charge on any atom is 0.238 e. The van der Waals surface area contributed by atoms with Gasteiger partial charge in [-0.15, -0.1) is 11.3 Å². The van der Waals surface area contributed by atoms with Crippen molar-refractivity contribution in [2.45, 2.75) is 25.7 Å². The fourth-order valence-electron chi connectivity index (χ4n) is 2.88. The summed E-state index contributed by atoms with van der Waals surface area (Å²) in [4.78, 5) is 40.3. The normalized spacial score (nSPS) is 16.3. The number of amides is 3. The fraction of sp³-hybridized carbons (Fsp3) is 0.368. The summed E-state index contributed by atoms with van der Waals surface area (Å²) in [5.41, 5.74) is 1.67. The van der Waals surface area contributed by atoms with Gasteiger partial charge in [0.2, 0.25) is 17.7 Å². The van der Waals surface area contributed by atoms with Gasteiger partial charge in [0, 0.05) is 23.5 Å². The van der Waals surface area contributed by atoms with Crippen LogP contribution in [0.3, 0.4) is 0 Å². The van der Waals surface area contributed by atoms with E-state index in [1.54, 1.807) is 5.38 Å². The van der Waals surface area contributed by atoms with Crippen LogP contribution in [0, 0.1) is 5.92 Å². The van der Waals surface area contributed by atoms with E-state index in [0.717, 1.165) is 12.0 Å². The summed E-state index contributed by atoms with van der Waals surface area (Å²) in [6, 6.07) is 7.49. The Kier molecular flexibility index (Phi) is 7.00. The Bertz CT molecular complexity index is 853. The van der Waals surface area contributed by atoms with Crippen LogP contribution in [0.2, 0.25) is 5.02 Å². The first-order valence-electron chi connectivity index (χ1n) is 9.05. The van der Waals surface area contributed by atoms with Crippen LogP contribution in [0.1, 0.15) is 24.1 Å². The number of aromatic nitrogens is 1. The summed E-state index contributed by atoms with van der Waals surface area (Å²) in [7, 11) is 0. The number of benzene rings is 1. The van der Waals surface area contributed by atoms with Crippen LogP contribution in [0.4, 0.5) is 5.13 Å². The third kappa shape index (κ3) is 5.77. The number of nitrogens with one attached hydrogen (secondary N) is 3. The SMILES string of the molecule is O=C(Cc1csc(NC(=O)C2CCCNC2=O)n1)NCCc1ccc(Cl)cc1. The van der Waals surface area contributed by atoms with Crippen molar-refractivity contribution in [2.75, 3.05) is 18.4 Å². The number of halogens is 1. The van der Waals surface area contributed by atoms with E-state index in [1.807, 2.05) is 24.3 Å². The smallest absolute Gasteiger partial charge is 0.238 e. The summed E-state index contributed by atoms with van der Waals surface area (Å²) in [5.74, 6) is -1.42. The molecular formula is C19H21ClN4O3S.